The summed E-state index contributed by atoms with van der Waals surface area (Å²) < 4.78 is 31.2. The van der Waals surface area contributed by atoms with Gasteiger partial charge in [0, 0.05) is 13.2 Å². The highest BCUT2D eigenvalue weighted by Crippen LogP contribution is 2.31. The van der Waals surface area contributed by atoms with Gasteiger partial charge in [0.05, 0.1) is 28.7 Å². The van der Waals surface area contributed by atoms with Crippen LogP contribution in [0.25, 0.3) is 11.1 Å². The molecule has 0 atom stereocenters. The van der Waals surface area contributed by atoms with Gasteiger partial charge in [-0.2, -0.15) is 5.26 Å². The lowest BCUT2D eigenvalue weighted by molar-refractivity contribution is -0.188. The Balaban J connectivity index is 1.85. The van der Waals surface area contributed by atoms with Gasteiger partial charge in [-0.15, -0.1) is 0 Å². The Morgan fingerprint density at radius 3 is 2.45 bits per heavy atom. The molecule has 8 heteroatoms. The molecule has 0 saturated carbocycles. The molecule has 1 fully saturated rings. The van der Waals surface area contributed by atoms with Gasteiger partial charge in [0.15, 0.2) is 9.84 Å². The van der Waals surface area contributed by atoms with Crippen LogP contribution >= 0.6 is 0 Å². The minimum atomic E-state index is -3.75. The fourth-order valence-corrected chi connectivity index (χ4v) is 5.39. The number of rotatable bonds is 7. The summed E-state index contributed by atoms with van der Waals surface area (Å²) in [6.45, 7) is 0.552. The quantitative estimate of drug-likeness (QED) is 0.424. The second-order valence-corrected chi connectivity index (χ2v) is 9.09. The number of benzene rings is 2. The first kappa shape index (κ1) is 21.0. The summed E-state index contributed by atoms with van der Waals surface area (Å²) in [5.41, 5.74) is 1.43. The van der Waals surface area contributed by atoms with Crippen molar-refractivity contribution in [1.29, 1.82) is 5.26 Å². The lowest BCUT2D eigenvalue weighted by Crippen LogP contribution is -2.54. The van der Waals surface area contributed by atoms with Gasteiger partial charge in [-0.1, -0.05) is 36.4 Å². The van der Waals surface area contributed by atoms with E-state index in [-0.39, 0.29) is 43.1 Å². The van der Waals surface area contributed by atoms with Crippen LogP contribution < -0.4 is 0 Å². The maximum Gasteiger partial charge on any atom is 0.233 e. The van der Waals surface area contributed by atoms with Gasteiger partial charge in [-0.05, 0) is 41.7 Å². The predicted octanol–water partition coefficient (Wildman–Crippen LogP) is 2.59. The van der Waals surface area contributed by atoms with Gasteiger partial charge in [-0.3, -0.25) is 10.0 Å². The van der Waals surface area contributed by atoms with Crippen LogP contribution in [0.15, 0.2) is 53.4 Å². The van der Waals surface area contributed by atoms with Gasteiger partial charge in [-0.25, -0.2) is 13.5 Å². The minimum Gasteiger partial charge on any atom is -0.381 e. The fraction of sp³-hybridized carbons (Fsp3) is 0.333. The summed E-state index contributed by atoms with van der Waals surface area (Å²) in [6, 6.07) is 16.1. The third-order valence-electron chi connectivity index (χ3n) is 5.22. The van der Waals surface area contributed by atoms with E-state index in [1.165, 1.54) is 12.1 Å². The summed E-state index contributed by atoms with van der Waals surface area (Å²) in [5.74, 6) is -0.379. The van der Waals surface area contributed by atoms with Gasteiger partial charge in [0.25, 0.3) is 0 Å². The molecule has 3 rings (SSSR count). The van der Waals surface area contributed by atoms with E-state index in [2.05, 4.69) is 6.07 Å². The lowest BCUT2D eigenvalue weighted by Gasteiger charge is -2.40. The molecule has 0 bridgehead atoms. The molecule has 0 aliphatic carbocycles. The number of carbonyl (C=O) groups excluding carboxylic acids is 1. The Bertz CT molecular complexity index is 1010. The van der Waals surface area contributed by atoms with E-state index in [4.69, 9.17) is 10.00 Å². The number of hydrogen-bond acceptors (Lipinski definition) is 6. The predicted molar refractivity (Wildman–Crippen MR) is 106 cm³/mol. The third-order valence-corrected chi connectivity index (χ3v) is 7.13. The zero-order chi connectivity index (χ0) is 20.9. The number of nitriles is 1. The zero-order valence-corrected chi connectivity index (χ0v) is 16.6. The summed E-state index contributed by atoms with van der Waals surface area (Å²) in [7, 11) is -3.75. The SMILES string of the molecule is N#CCc1cccc(-c2ccc(S(=O)(=O)CC3(N(O)C=O)CCOCC3)cc2)c1. The number of hydroxylamine groups is 2. The van der Waals surface area contributed by atoms with E-state index < -0.39 is 15.4 Å². The molecule has 1 aliphatic heterocycles. The summed E-state index contributed by atoms with van der Waals surface area (Å²) in [6.07, 6.45) is 1.04. The summed E-state index contributed by atoms with van der Waals surface area (Å²) in [5, 5.41) is 19.4. The Kier molecular flexibility index (Phi) is 6.33. The van der Waals surface area contributed by atoms with E-state index >= 15 is 0 Å². The molecule has 7 nitrogen and oxygen atoms in total. The second kappa shape index (κ2) is 8.74. The number of sulfone groups is 1. The van der Waals surface area contributed by atoms with E-state index in [1.807, 2.05) is 24.3 Å². The Labute approximate surface area is 170 Å². The molecule has 0 spiro atoms. The van der Waals surface area contributed by atoms with Crippen LogP contribution in [0, 0.1) is 11.3 Å². The topological polar surface area (TPSA) is 108 Å². The monoisotopic (exact) mass is 414 g/mol. The highest BCUT2D eigenvalue weighted by Gasteiger charge is 2.42. The molecule has 1 heterocycles. The third kappa shape index (κ3) is 4.65. The van der Waals surface area contributed by atoms with E-state index in [0.717, 1.165) is 16.7 Å². The van der Waals surface area contributed by atoms with Crippen molar-refractivity contribution >= 4 is 16.2 Å². The Morgan fingerprint density at radius 2 is 1.83 bits per heavy atom. The average Bonchev–Trinajstić information content (AvgIpc) is 2.74. The van der Waals surface area contributed by atoms with Crippen molar-refractivity contribution in [2.24, 2.45) is 0 Å². The fourth-order valence-electron chi connectivity index (χ4n) is 3.55. The number of hydrogen-bond donors (Lipinski definition) is 1. The molecule has 1 amide bonds. The number of amides is 1. The maximum atomic E-state index is 13.0. The highest BCUT2D eigenvalue weighted by molar-refractivity contribution is 7.91. The van der Waals surface area contributed by atoms with Crippen molar-refractivity contribution in [3.63, 3.8) is 0 Å². The van der Waals surface area contributed by atoms with Gasteiger partial charge in [0.2, 0.25) is 6.41 Å². The molecular formula is C21H22N2O5S. The number of ether oxygens (including phenoxy) is 1. The first-order valence-electron chi connectivity index (χ1n) is 9.21. The lowest BCUT2D eigenvalue weighted by atomic mass is 9.92. The molecule has 1 saturated heterocycles. The van der Waals surface area contributed by atoms with Crippen LogP contribution in [-0.4, -0.2) is 49.6 Å². The van der Waals surface area contributed by atoms with Crippen molar-refractivity contribution in [2.45, 2.75) is 29.7 Å². The van der Waals surface area contributed by atoms with E-state index in [9.17, 15) is 18.4 Å². The molecule has 0 unspecified atom stereocenters. The molecule has 29 heavy (non-hydrogen) atoms. The van der Waals surface area contributed by atoms with E-state index in [1.54, 1.807) is 12.1 Å². The summed E-state index contributed by atoms with van der Waals surface area (Å²) >= 11 is 0. The first-order chi connectivity index (χ1) is 13.9. The molecular weight excluding hydrogens is 392 g/mol. The minimum absolute atomic E-state index is 0.125. The van der Waals surface area contributed by atoms with Crippen LogP contribution in [0.1, 0.15) is 18.4 Å². The smallest absolute Gasteiger partial charge is 0.233 e. The molecule has 2 aromatic rings. The van der Waals surface area contributed by atoms with Crippen molar-refractivity contribution in [3.8, 4) is 17.2 Å². The molecule has 0 radical (unpaired) electrons. The normalized spacial score (nSPS) is 16.0. The van der Waals surface area contributed by atoms with Crippen LogP contribution in [0.2, 0.25) is 0 Å². The highest BCUT2D eigenvalue weighted by atomic mass is 32.2. The summed E-state index contributed by atoms with van der Waals surface area (Å²) in [4.78, 5) is 11.3. The number of carbonyl (C=O) groups is 1. The van der Waals surface area contributed by atoms with Crippen LogP contribution in [-0.2, 0) is 25.8 Å². The first-order valence-corrected chi connectivity index (χ1v) is 10.9. The number of nitrogens with zero attached hydrogens (tertiary/aromatic N) is 2. The van der Waals surface area contributed by atoms with Crippen LogP contribution in [0.4, 0.5) is 0 Å². The van der Waals surface area contributed by atoms with Crippen molar-refractivity contribution in [1.82, 2.24) is 5.06 Å². The van der Waals surface area contributed by atoms with E-state index in [0.29, 0.717) is 11.5 Å². The Hall–Kier alpha value is -2.73. The zero-order valence-electron chi connectivity index (χ0n) is 15.8. The average molecular weight is 414 g/mol. The van der Waals surface area contributed by atoms with Crippen molar-refractivity contribution in [3.05, 3.63) is 54.1 Å². The second-order valence-electron chi connectivity index (χ2n) is 7.11. The largest absolute Gasteiger partial charge is 0.381 e. The molecule has 1 aliphatic rings. The van der Waals surface area contributed by atoms with Gasteiger partial charge >= 0.3 is 0 Å². The Morgan fingerprint density at radius 1 is 1.14 bits per heavy atom. The standard InChI is InChI=1S/C21H22N2O5S/c22-11-8-17-2-1-3-19(14-17)18-4-6-20(7-5-18)29(26,27)15-21(23(25)16-24)9-12-28-13-10-21/h1-7,14,16,25H,8-10,12-13,15H2. The van der Waals surface area contributed by atoms with Crippen LogP contribution in [0.5, 0.6) is 0 Å². The van der Waals surface area contributed by atoms with Gasteiger partial charge < -0.3 is 4.74 Å². The van der Waals surface area contributed by atoms with Crippen LogP contribution in [0.3, 0.4) is 0 Å². The van der Waals surface area contributed by atoms with Gasteiger partial charge in [0.1, 0.15) is 0 Å². The molecule has 2 aromatic carbocycles. The molecule has 1 N–H and O–H groups in total. The maximum absolute atomic E-state index is 13.0. The molecule has 152 valence electrons. The molecule has 0 aromatic heterocycles. The van der Waals surface area contributed by atoms with Crippen molar-refractivity contribution in [2.75, 3.05) is 19.0 Å². The van der Waals surface area contributed by atoms with Crippen molar-refractivity contribution < 1.29 is 23.2 Å².